The number of ether oxygens (including phenoxy) is 1. The Morgan fingerprint density at radius 1 is 1.21 bits per heavy atom. The topological polar surface area (TPSA) is 41.6 Å². The predicted octanol–water partition coefficient (Wildman–Crippen LogP) is 3.82. The molecule has 1 amide bonds. The van der Waals surface area contributed by atoms with Crippen molar-refractivity contribution >= 4 is 40.1 Å². The monoisotopic (exact) mass is 458 g/mol. The van der Waals surface area contributed by atoms with Crippen molar-refractivity contribution in [1.82, 2.24) is 10.2 Å². The molecule has 128 valence electrons. The molecule has 4 nitrogen and oxygen atoms in total. The molecule has 0 heterocycles. The van der Waals surface area contributed by atoms with E-state index < -0.39 is 0 Å². The van der Waals surface area contributed by atoms with Crippen LogP contribution in [-0.4, -0.2) is 38.1 Å². The second-order valence-corrected chi connectivity index (χ2v) is 7.20. The zero-order valence-electron chi connectivity index (χ0n) is 13.7. The van der Waals surface area contributed by atoms with Gasteiger partial charge in [-0.05, 0) is 72.6 Å². The Hall–Kier alpha value is -1.31. The lowest BCUT2D eigenvalue weighted by molar-refractivity contribution is 0.0950. The smallest absolute Gasteiger partial charge is 0.252 e. The van der Waals surface area contributed by atoms with Crippen molar-refractivity contribution in [3.8, 4) is 5.75 Å². The number of carbonyl (C=O) groups excluding carboxylic acids is 1. The number of nitrogens with one attached hydrogen (secondary N) is 1. The van der Waals surface area contributed by atoms with Crippen LogP contribution in [0, 0.1) is 3.57 Å². The third-order valence-corrected chi connectivity index (χ3v) is 4.53. The van der Waals surface area contributed by atoms with E-state index in [2.05, 4.69) is 32.8 Å². The second kappa shape index (κ2) is 9.25. The van der Waals surface area contributed by atoms with Gasteiger partial charge >= 0.3 is 0 Å². The summed E-state index contributed by atoms with van der Waals surface area (Å²) in [5.41, 5.74) is 1.60. The van der Waals surface area contributed by atoms with Gasteiger partial charge in [0.25, 0.3) is 5.91 Å². The number of halogens is 2. The summed E-state index contributed by atoms with van der Waals surface area (Å²) in [6, 6.07) is 13.0. The summed E-state index contributed by atoms with van der Waals surface area (Å²) < 4.78 is 6.53. The van der Waals surface area contributed by atoms with Crippen molar-refractivity contribution in [2.24, 2.45) is 0 Å². The standard InChI is InChI=1S/C18H20ClIN2O2/c1-22(2)9-10-24-15-6-3-13(4-7-15)12-21-18(23)16-11-14(19)5-8-17(16)20/h3-8,11H,9-10,12H2,1-2H3,(H,21,23). The minimum atomic E-state index is -0.131. The number of nitrogens with zero attached hydrogens (tertiary/aromatic N) is 1. The van der Waals surface area contributed by atoms with Crippen LogP contribution in [0.15, 0.2) is 42.5 Å². The van der Waals surface area contributed by atoms with Crippen molar-refractivity contribution in [1.29, 1.82) is 0 Å². The van der Waals surface area contributed by atoms with E-state index in [0.717, 1.165) is 21.4 Å². The molecule has 0 aliphatic rings. The number of carbonyl (C=O) groups is 1. The highest BCUT2D eigenvalue weighted by Crippen LogP contribution is 2.18. The first-order valence-electron chi connectivity index (χ1n) is 7.55. The molecule has 0 atom stereocenters. The Kier molecular flexibility index (Phi) is 7.33. The fraction of sp³-hybridized carbons (Fsp3) is 0.278. The van der Waals surface area contributed by atoms with Crippen LogP contribution in [0.3, 0.4) is 0 Å². The first-order chi connectivity index (χ1) is 11.5. The summed E-state index contributed by atoms with van der Waals surface area (Å²) in [7, 11) is 4.02. The summed E-state index contributed by atoms with van der Waals surface area (Å²) >= 11 is 8.09. The maximum atomic E-state index is 12.3. The molecule has 0 saturated carbocycles. The number of likely N-dealkylation sites (N-methyl/N-ethyl adjacent to an activating group) is 1. The van der Waals surface area contributed by atoms with Crippen LogP contribution >= 0.6 is 34.2 Å². The minimum absolute atomic E-state index is 0.131. The molecule has 6 heteroatoms. The Morgan fingerprint density at radius 3 is 2.58 bits per heavy atom. The molecule has 0 saturated heterocycles. The van der Waals surface area contributed by atoms with Crippen LogP contribution in [0.5, 0.6) is 5.75 Å². The zero-order valence-corrected chi connectivity index (χ0v) is 16.6. The lowest BCUT2D eigenvalue weighted by Crippen LogP contribution is -2.23. The summed E-state index contributed by atoms with van der Waals surface area (Å²) in [6.45, 7) is 1.98. The van der Waals surface area contributed by atoms with Crippen molar-refractivity contribution in [2.45, 2.75) is 6.54 Å². The second-order valence-electron chi connectivity index (χ2n) is 5.60. The van der Waals surface area contributed by atoms with Crippen LogP contribution in [-0.2, 0) is 6.54 Å². The van der Waals surface area contributed by atoms with Gasteiger partial charge in [0.15, 0.2) is 0 Å². The average molecular weight is 459 g/mol. The van der Waals surface area contributed by atoms with E-state index in [0.29, 0.717) is 23.7 Å². The number of hydrogen-bond donors (Lipinski definition) is 1. The van der Waals surface area contributed by atoms with Crippen LogP contribution < -0.4 is 10.1 Å². The molecular formula is C18H20ClIN2O2. The van der Waals surface area contributed by atoms with E-state index in [-0.39, 0.29) is 5.91 Å². The van der Waals surface area contributed by atoms with Gasteiger partial charge in [0.05, 0.1) is 5.56 Å². The first-order valence-corrected chi connectivity index (χ1v) is 9.01. The molecule has 1 N–H and O–H groups in total. The third-order valence-electron chi connectivity index (χ3n) is 3.36. The highest BCUT2D eigenvalue weighted by atomic mass is 127. The molecule has 0 bridgehead atoms. The van der Waals surface area contributed by atoms with E-state index in [1.54, 1.807) is 12.1 Å². The molecule has 2 rings (SSSR count). The lowest BCUT2D eigenvalue weighted by Gasteiger charge is -2.11. The highest BCUT2D eigenvalue weighted by molar-refractivity contribution is 14.1. The number of rotatable bonds is 7. The number of benzene rings is 2. The predicted molar refractivity (Wildman–Crippen MR) is 106 cm³/mol. The van der Waals surface area contributed by atoms with Crippen molar-refractivity contribution in [2.75, 3.05) is 27.2 Å². The number of amides is 1. The highest BCUT2D eigenvalue weighted by Gasteiger charge is 2.10. The molecule has 0 aromatic heterocycles. The summed E-state index contributed by atoms with van der Waals surface area (Å²) in [6.07, 6.45) is 0. The quantitative estimate of drug-likeness (QED) is 0.642. The van der Waals surface area contributed by atoms with Gasteiger partial charge in [0.1, 0.15) is 12.4 Å². The molecule has 0 aliphatic heterocycles. The molecule has 0 unspecified atom stereocenters. The van der Waals surface area contributed by atoms with E-state index in [9.17, 15) is 4.79 Å². The zero-order chi connectivity index (χ0) is 17.5. The first kappa shape index (κ1) is 19.0. The van der Waals surface area contributed by atoms with Crippen LogP contribution in [0.4, 0.5) is 0 Å². The van der Waals surface area contributed by atoms with Crippen LogP contribution in [0.25, 0.3) is 0 Å². The van der Waals surface area contributed by atoms with E-state index in [1.807, 2.05) is 44.4 Å². The van der Waals surface area contributed by atoms with E-state index in [4.69, 9.17) is 16.3 Å². The maximum absolute atomic E-state index is 12.3. The molecular weight excluding hydrogens is 439 g/mol. The van der Waals surface area contributed by atoms with Gasteiger partial charge in [-0.15, -0.1) is 0 Å². The fourth-order valence-electron chi connectivity index (χ4n) is 2.00. The summed E-state index contributed by atoms with van der Waals surface area (Å²) in [5, 5.41) is 3.47. The molecule has 0 fully saturated rings. The van der Waals surface area contributed by atoms with Crippen molar-refractivity contribution in [3.05, 3.63) is 62.2 Å². The van der Waals surface area contributed by atoms with Gasteiger partial charge in [0.2, 0.25) is 0 Å². The fourth-order valence-corrected chi connectivity index (χ4v) is 2.75. The number of hydrogen-bond acceptors (Lipinski definition) is 3. The Bertz CT molecular complexity index is 690. The average Bonchev–Trinajstić information content (AvgIpc) is 2.55. The summed E-state index contributed by atoms with van der Waals surface area (Å²) in [5.74, 6) is 0.699. The van der Waals surface area contributed by atoms with E-state index in [1.165, 1.54) is 0 Å². The Labute approximate surface area is 161 Å². The van der Waals surface area contributed by atoms with Crippen LogP contribution in [0.2, 0.25) is 5.02 Å². The van der Waals surface area contributed by atoms with Gasteiger partial charge < -0.3 is 15.0 Å². The van der Waals surface area contributed by atoms with Gasteiger partial charge in [-0.2, -0.15) is 0 Å². The van der Waals surface area contributed by atoms with E-state index >= 15 is 0 Å². The van der Waals surface area contributed by atoms with Gasteiger partial charge in [-0.1, -0.05) is 23.7 Å². The minimum Gasteiger partial charge on any atom is -0.492 e. The molecule has 0 aliphatic carbocycles. The molecule has 0 spiro atoms. The third kappa shape index (κ3) is 5.96. The van der Waals surface area contributed by atoms with Crippen molar-refractivity contribution in [3.63, 3.8) is 0 Å². The molecule has 0 radical (unpaired) electrons. The van der Waals surface area contributed by atoms with Gasteiger partial charge in [-0.3, -0.25) is 4.79 Å². The summed E-state index contributed by atoms with van der Waals surface area (Å²) in [4.78, 5) is 14.3. The maximum Gasteiger partial charge on any atom is 0.252 e. The lowest BCUT2D eigenvalue weighted by atomic mass is 10.2. The molecule has 24 heavy (non-hydrogen) atoms. The largest absolute Gasteiger partial charge is 0.492 e. The van der Waals surface area contributed by atoms with Crippen molar-refractivity contribution < 1.29 is 9.53 Å². The normalized spacial score (nSPS) is 10.7. The van der Waals surface area contributed by atoms with Gasteiger partial charge in [-0.25, -0.2) is 0 Å². The van der Waals surface area contributed by atoms with Crippen LogP contribution in [0.1, 0.15) is 15.9 Å². The van der Waals surface area contributed by atoms with Gasteiger partial charge in [0, 0.05) is 21.7 Å². The SMILES string of the molecule is CN(C)CCOc1ccc(CNC(=O)c2cc(Cl)ccc2I)cc1. The molecule has 2 aromatic carbocycles. The Balaban J connectivity index is 1.87. The molecule has 2 aromatic rings. The Morgan fingerprint density at radius 2 is 1.92 bits per heavy atom.